The molecule has 1 aromatic heterocycles. The van der Waals surface area contributed by atoms with E-state index in [0.29, 0.717) is 18.9 Å². The third-order valence-electron chi connectivity index (χ3n) is 5.23. The van der Waals surface area contributed by atoms with Crippen LogP contribution in [0.25, 0.3) is 5.69 Å². The zero-order chi connectivity index (χ0) is 20.9. The Balaban J connectivity index is 1.49. The summed E-state index contributed by atoms with van der Waals surface area (Å²) < 4.78 is 14.6. The van der Waals surface area contributed by atoms with E-state index in [1.807, 2.05) is 73.3 Å². The molecule has 0 saturated carbocycles. The van der Waals surface area contributed by atoms with Gasteiger partial charge in [0.2, 0.25) is 0 Å². The molecule has 6 heteroatoms. The molecule has 154 valence electrons. The Hall–Kier alpha value is -3.38. The van der Waals surface area contributed by atoms with E-state index in [1.165, 1.54) is 5.57 Å². The second-order valence-corrected chi connectivity index (χ2v) is 7.21. The van der Waals surface area contributed by atoms with E-state index in [4.69, 9.17) is 9.47 Å². The molecule has 6 nitrogen and oxygen atoms in total. The predicted octanol–water partition coefficient (Wildman–Crippen LogP) is 3.96. The molecule has 2 aromatic carbocycles. The lowest BCUT2D eigenvalue weighted by molar-refractivity contribution is 0.150. The maximum Gasteiger partial charge on any atom is 0.297 e. The van der Waals surface area contributed by atoms with Crippen LogP contribution in [-0.4, -0.2) is 35.4 Å². The van der Waals surface area contributed by atoms with Crippen LogP contribution in [-0.2, 0) is 11.8 Å². The summed E-state index contributed by atoms with van der Waals surface area (Å²) in [7, 11) is 1.86. The fourth-order valence-corrected chi connectivity index (χ4v) is 3.36. The van der Waals surface area contributed by atoms with Crippen LogP contribution in [0.2, 0.25) is 0 Å². The third kappa shape index (κ3) is 4.28. The third-order valence-corrected chi connectivity index (χ3v) is 5.23. The number of rotatable bonds is 6. The number of benzene rings is 2. The van der Waals surface area contributed by atoms with Gasteiger partial charge in [-0.25, -0.2) is 9.67 Å². The van der Waals surface area contributed by atoms with Crippen LogP contribution in [0.4, 0.5) is 5.69 Å². The number of para-hydroxylation sites is 1. The summed E-state index contributed by atoms with van der Waals surface area (Å²) in [6.07, 6.45) is 4.71. The van der Waals surface area contributed by atoms with Crippen LogP contribution in [0, 0.1) is 6.92 Å². The quantitative estimate of drug-likeness (QED) is 0.462. The number of nitrogens with zero attached hydrogens (tertiary/aromatic N) is 3. The Morgan fingerprint density at radius 1 is 1.13 bits per heavy atom. The molecule has 30 heavy (non-hydrogen) atoms. The minimum atomic E-state index is -0.137. The smallest absolute Gasteiger partial charge is 0.297 e. The highest BCUT2D eigenvalue weighted by molar-refractivity contribution is 5.82. The zero-order valence-corrected chi connectivity index (χ0v) is 17.2. The second-order valence-electron chi connectivity index (χ2n) is 7.21. The molecule has 1 aliphatic heterocycles. The number of hydrogen-bond donors (Lipinski definition) is 0. The first-order chi connectivity index (χ1) is 14.6. The van der Waals surface area contributed by atoms with Crippen molar-refractivity contribution in [1.29, 1.82) is 0 Å². The summed E-state index contributed by atoms with van der Waals surface area (Å²) in [5.74, 6) is 0.807. The summed E-state index contributed by atoms with van der Waals surface area (Å²) in [4.78, 5) is 17.4. The van der Waals surface area contributed by atoms with E-state index in [-0.39, 0.29) is 5.56 Å². The summed E-state index contributed by atoms with van der Waals surface area (Å²) >= 11 is 0. The maximum absolute atomic E-state index is 12.9. The van der Waals surface area contributed by atoms with E-state index in [1.54, 1.807) is 10.9 Å². The van der Waals surface area contributed by atoms with Crippen molar-refractivity contribution < 1.29 is 9.47 Å². The van der Waals surface area contributed by atoms with E-state index >= 15 is 0 Å². The van der Waals surface area contributed by atoms with Crippen molar-refractivity contribution in [1.82, 2.24) is 9.36 Å². The average molecular weight is 403 g/mol. The molecule has 1 aliphatic rings. The molecule has 0 atom stereocenters. The van der Waals surface area contributed by atoms with Gasteiger partial charge in [-0.3, -0.25) is 9.48 Å². The zero-order valence-electron chi connectivity index (χ0n) is 17.2. The van der Waals surface area contributed by atoms with E-state index in [0.717, 1.165) is 35.7 Å². The van der Waals surface area contributed by atoms with Gasteiger partial charge in [-0.05, 0) is 60.9 Å². The summed E-state index contributed by atoms with van der Waals surface area (Å²) in [6, 6.07) is 17.3. The Kier molecular flexibility index (Phi) is 5.95. The van der Waals surface area contributed by atoms with Gasteiger partial charge in [-0.1, -0.05) is 24.3 Å². The van der Waals surface area contributed by atoms with Crippen molar-refractivity contribution >= 4 is 11.9 Å². The molecule has 0 N–H and O–H groups in total. The fourth-order valence-electron chi connectivity index (χ4n) is 3.36. The molecule has 0 aliphatic carbocycles. The van der Waals surface area contributed by atoms with Crippen molar-refractivity contribution in [3.63, 3.8) is 0 Å². The number of ether oxygens (including phenoxy) is 2. The number of aromatic nitrogens is 2. The predicted molar refractivity (Wildman–Crippen MR) is 118 cm³/mol. The second kappa shape index (κ2) is 8.97. The first kappa shape index (κ1) is 19.9. The lowest BCUT2D eigenvalue weighted by atomic mass is 10.2. The largest absolute Gasteiger partial charge is 0.489 e. The Bertz CT molecular complexity index is 1120. The van der Waals surface area contributed by atoms with Gasteiger partial charge in [0, 0.05) is 13.3 Å². The first-order valence-corrected chi connectivity index (χ1v) is 10.00. The van der Waals surface area contributed by atoms with Crippen LogP contribution in [0.1, 0.15) is 17.7 Å². The van der Waals surface area contributed by atoms with Gasteiger partial charge in [0.1, 0.15) is 12.4 Å². The minimum Gasteiger partial charge on any atom is -0.489 e. The lowest BCUT2D eigenvalue weighted by Gasteiger charge is -2.14. The summed E-state index contributed by atoms with van der Waals surface area (Å²) in [5, 5.41) is 0. The Morgan fingerprint density at radius 3 is 2.60 bits per heavy atom. The highest BCUT2D eigenvalue weighted by Gasteiger charge is 2.14. The highest BCUT2D eigenvalue weighted by Crippen LogP contribution is 2.18. The van der Waals surface area contributed by atoms with Gasteiger partial charge < -0.3 is 9.47 Å². The number of hydrogen-bond acceptors (Lipinski definition) is 4. The van der Waals surface area contributed by atoms with Crippen molar-refractivity contribution in [3.05, 3.63) is 87.9 Å². The van der Waals surface area contributed by atoms with Crippen molar-refractivity contribution in [3.8, 4) is 11.4 Å². The van der Waals surface area contributed by atoms with Gasteiger partial charge in [-0.15, -0.1) is 0 Å². The molecule has 0 radical (unpaired) electrons. The molecular formula is C24H25N3O3. The van der Waals surface area contributed by atoms with Gasteiger partial charge in [0.05, 0.1) is 24.6 Å². The van der Waals surface area contributed by atoms with Crippen molar-refractivity contribution in [2.24, 2.45) is 12.0 Å². The molecular weight excluding hydrogens is 378 g/mol. The van der Waals surface area contributed by atoms with E-state index in [9.17, 15) is 4.79 Å². The van der Waals surface area contributed by atoms with Crippen molar-refractivity contribution in [2.75, 3.05) is 19.8 Å². The molecule has 0 amide bonds. The molecule has 3 aromatic rings. The van der Waals surface area contributed by atoms with E-state index in [2.05, 4.69) is 11.1 Å². The standard InChI is InChI=1S/C24H25N3O3/c1-18-23(24(28)27(26(18)2)21-6-4-3-5-7-21)25-16-19-8-10-22(11-9-19)30-17-20-12-14-29-15-13-20/h3-12,16H,13-15,17H2,1-2H3. The van der Waals surface area contributed by atoms with Crippen LogP contribution in [0.3, 0.4) is 0 Å². The summed E-state index contributed by atoms with van der Waals surface area (Å²) in [6.45, 7) is 3.91. The van der Waals surface area contributed by atoms with Gasteiger partial charge in [0.15, 0.2) is 5.69 Å². The average Bonchev–Trinajstić information content (AvgIpc) is 3.01. The fraction of sp³-hybridized carbons (Fsp3) is 0.250. The number of aliphatic imine (C=N–C) groups is 1. The minimum absolute atomic E-state index is 0.137. The van der Waals surface area contributed by atoms with Crippen molar-refractivity contribution in [2.45, 2.75) is 13.3 Å². The monoisotopic (exact) mass is 403 g/mol. The van der Waals surface area contributed by atoms with Crippen LogP contribution in [0.5, 0.6) is 5.75 Å². The molecule has 4 rings (SSSR count). The van der Waals surface area contributed by atoms with Crippen LogP contribution < -0.4 is 10.3 Å². The molecule has 0 saturated heterocycles. The Labute approximate surface area is 175 Å². The highest BCUT2D eigenvalue weighted by atomic mass is 16.5. The molecule has 0 fully saturated rings. The van der Waals surface area contributed by atoms with Crippen LogP contribution >= 0.6 is 0 Å². The van der Waals surface area contributed by atoms with Gasteiger partial charge >= 0.3 is 0 Å². The SMILES string of the molecule is Cc1c(N=Cc2ccc(OCC3=CCOCC3)cc2)c(=O)n(-c2ccccc2)n1C. The first-order valence-electron chi connectivity index (χ1n) is 10.00. The molecule has 2 heterocycles. The van der Waals surface area contributed by atoms with E-state index < -0.39 is 0 Å². The molecule has 0 bridgehead atoms. The summed E-state index contributed by atoms with van der Waals surface area (Å²) in [5.41, 5.74) is 4.10. The van der Waals surface area contributed by atoms with Gasteiger partial charge in [-0.2, -0.15) is 0 Å². The lowest BCUT2D eigenvalue weighted by Crippen LogP contribution is -2.19. The molecule has 0 spiro atoms. The molecule has 0 unspecified atom stereocenters. The topological polar surface area (TPSA) is 57.8 Å². The Morgan fingerprint density at radius 2 is 1.90 bits per heavy atom. The van der Waals surface area contributed by atoms with Gasteiger partial charge in [0.25, 0.3) is 5.56 Å². The maximum atomic E-state index is 12.9. The van der Waals surface area contributed by atoms with Crippen LogP contribution in [0.15, 0.2) is 76.0 Å². The normalized spacial score (nSPS) is 14.1.